The lowest BCUT2D eigenvalue weighted by molar-refractivity contribution is -0.00457. The van der Waals surface area contributed by atoms with Crippen LogP contribution in [-0.4, -0.2) is 22.4 Å². The zero-order chi connectivity index (χ0) is 10.0. The van der Waals surface area contributed by atoms with Crippen LogP contribution < -0.4 is 0 Å². The van der Waals surface area contributed by atoms with Crippen molar-refractivity contribution in [3.8, 4) is 0 Å². The molecule has 3 saturated carbocycles. The SMILES string of the molecule is CC1C(C)C2CC1C1CC(O)C(O)C21. The molecule has 0 spiro atoms. The van der Waals surface area contributed by atoms with E-state index in [4.69, 9.17) is 0 Å². The van der Waals surface area contributed by atoms with Crippen molar-refractivity contribution < 1.29 is 10.2 Å². The van der Waals surface area contributed by atoms with Crippen molar-refractivity contribution in [1.82, 2.24) is 0 Å². The molecule has 0 saturated heterocycles. The molecule has 0 aliphatic heterocycles. The molecule has 80 valence electrons. The average molecular weight is 196 g/mol. The molecule has 8 unspecified atom stereocenters. The van der Waals surface area contributed by atoms with Crippen LogP contribution in [0.4, 0.5) is 0 Å². The lowest BCUT2D eigenvalue weighted by Gasteiger charge is -2.35. The zero-order valence-corrected chi connectivity index (χ0v) is 8.93. The summed E-state index contributed by atoms with van der Waals surface area (Å²) in [6, 6.07) is 0. The topological polar surface area (TPSA) is 40.5 Å². The first-order valence-electron chi connectivity index (χ1n) is 5.97. The van der Waals surface area contributed by atoms with Gasteiger partial charge in [0.15, 0.2) is 0 Å². The Balaban J connectivity index is 1.91. The molecule has 0 radical (unpaired) electrons. The number of fused-ring (bicyclic) bond motifs is 5. The van der Waals surface area contributed by atoms with E-state index < -0.39 is 12.2 Å². The van der Waals surface area contributed by atoms with Gasteiger partial charge in [-0.25, -0.2) is 0 Å². The summed E-state index contributed by atoms with van der Waals surface area (Å²) >= 11 is 0. The fourth-order valence-electron chi connectivity index (χ4n) is 4.71. The van der Waals surface area contributed by atoms with Crippen LogP contribution in [-0.2, 0) is 0 Å². The highest BCUT2D eigenvalue weighted by Gasteiger charge is 2.60. The van der Waals surface area contributed by atoms with E-state index >= 15 is 0 Å². The standard InChI is InChI=1S/C12H20O2/c1-5-6(2)8-3-7(5)9-4-10(13)12(14)11(8)9/h5-14H,3-4H2,1-2H3. The third-order valence-electron chi connectivity index (χ3n) is 5.57. The maximum absolute atomic E-state index is 9.94. The molecule has 2 heteroatoms. The molecule has 3 aliphatic rings. The predicted molar refractivity (Wildman–Crippen MR) is 53.5 cm³/mol. The minimum absolute atomic E-state index is 0.418. The minimum atomic E-state index is -0.437. The first-order valence-corrected chi connectivity index (χ1v) is 5.97. The Morgan fingerprint density at radius 2 is 1.50 bits per heavy atom. The van der Waals surface area contributed by atoms with Gasteiger partial charge in [0.2, 0.25) is 0 Å². The highest BCUT2D eigenvalue weighted by molar-refractivity contribution is 5.09. The Morgan fingerprint density at radius 3 is 2.21 bits per heavy atom. The summed E-state index contributed by atoms with van der Waals surface area (Å²) in [4.78, 5) is 0. The van der Waals surface area contributed by atoms with Gasteiger partial charge in [0.25, 0.3) is 0 Å². The zero-order valence-electron chi connectivity index (χ0n) is 8.93. The van der Waals surface area contributed by atoms with Crippen molar-refractivity contribution in [2.24, 2.45) is 35.5 Å². The fraction of sp³-hybridized carbons (Fsp3) is 1.00. The van der Waals surface area contributed by atoms with Crippen LogP contribution in [0, 0.1) is 35.5 Å². The molecule has 2 bridgehead atoms. The van der Waals surface area contributed by atoms with Gasteiger partial charge in [-0.1, -0.05) is 13.8 Å². The van der Waals surface area contributed by atoms with E-state index in [1.165, 1.54) is 6.42 Å². The molecule has 2 N–H and O–H groups in total. The molecule has 0 heterocycles. The number of hydrogen-bond acceptors (Lipinski definition) is 2. The van der Waals surface area contributed by atoms with Crippen LogP contribution in [0.3, 0.4) is 0 Å². The normalized spacial score (nSPS) is 66.0. The van der Waals surface area contributed by atoms with Crippen LogP contribution in [0.5, 0.6) is 0 Å². The summed E-state index contributed by atoms with van der Waals surface area (Å²) in [5.74, 6) is 4.07. The van der Waals surface area contributed by atoms with E-state index in [1.54, 1.807) is 0 Å². The molecule has 3 aliphatic carbocycles. The number of hydrogen-bond donors (Lipinski definition) is 2. The van der Waals surface area contributed by atoms with E-state index in [2.05, 4.69) is 13.8 Å². The van der Waals surface area contributed by atoms with Crippen molar-refractivity contribution >= 4 is 0 Å². The summed E-state index contributed by atoms with van der Waals surface area (Å²) in [5, 5.41) is 19.6. The largest absolute Gasteiger partial charge is 0.390 e. The summed E-state index contributed by atoms with van der Waals surface area (Å²) in [6.07, 6.45) is 1.30. The molecular formula is C12H20O2. The lowest BCUT2D eigenvalue weighted by Crippen LogP contribution is -2.35. The molecule has 3 rings (SSSR count). The molecule has 0 amide bonds. The quantitative estimate of drug-likeness (QED) is 0.612. The van der Waals surface area contributed by atoms with Gasteiger partial charge in [-0.05, 0) is 48.3 Å². The summed E-state index contributed by atoms with van der Waals surface area (Å²) in [5.41, 5.74) is 0. The van der Waals surface area contributed by atoms with Gasteiger partial charge in [-0.3, -0.25) is 0 Å². The Morgan fingerprint density at radius 1 is 0.857 bits per heavy atom. The summed E-state index contributed by atoms with van der Waals surface area (Å²) in [6.45, 7) is 4.67. The second-order valence-electron chi connectivity index (χ2n) is 5.82. The summed E-state index contributed by atoms with van der Waals surface area (Å²) in [7, 11) is 0. The second-order valence-corrected chi connectivity index (χ2v) is 5.82. The van der Waals surface area contributed by atoms with E-state index in [1.807, 2.05) is 0 Å². The fourth-order valence-corrected chi connectivity index (χ4v) is 4.71. The molecule has 0 aromatic carbocycles. The van der Waals surface area contributed by atoms with E-state index in [9.17, 15) is 10.2 Å². The lowest BCUT2D eigenvalue weighted by atomic mass is 9.70. The average Bonchev–Trinajstić information content (AvgIpc) is 2.72. The highest BCUT2D eigenvalue weighted by atomic mass is 16.3. The van der Waals surface area contributed by atoms with Crippen LogP contribution in [0.1, 0.15) is 26.7 Å². The maximum atomic E-state index is 9.94. The smallest absolute Gasteiger partial charge is 0.0832 e. The van der Waals surface area contributed by atoms with Crippen LogP contribution >= 0.6 is 0 Å². The van der Waals surface area contributed by atoms with Gasteiger partial charge in [0, 0.05) is 0 Å². The molecule has 14 heavy (non-hydrogen) atoms. The Labute approximate surface area is 85.3 Å². The van der Waals surface area contributed by atoms with Gasteiger partial charge in [-0.15, -0.1) is 0 Å². The second kappa shape index (κ2) is 2.73. The molecule has 8 atom stereocenters. The maximum Gasteiger partial charge on any atom is 0.0832 e. The number of aliphatic hydroxyl groups is 2. The third-order valence-corrected chi connectivity index (χ3v) is 5.57. The molecule has 0 aromatic heterocycles. The minimum Gasteiger partial charge on any atom is -0.390 e. The Kier molecular flexibility index (Phi) is 1.79. The monoisotopic (exact) mass is 196 g/mol. The van der Waals surface area contributed by atoms with Gasteiger partial charge in [0.1, 0.15) is 0 Å². The highest BCUT2D eigenvalue weighted by Crippen LogP contribution is 2.62. The van der Waals surface area contributed by atoms with E-state index in [0.717, 1.165) is 24.2 Å². The Hall–Kier alpha value is -0.0800. The summed E-state index contributed by atoms with van der Waals surface area (Å²) < 4.78 is 0. The van der Waals surface area contributed by atoms with Crippen LogP contribution in [0.25, 0.3) is 0 Å². The van der Waals surface area contributed by atoms with Crippen molar-refractivity contribution in [2.45, 2.75) is 38.9 Å². The van der Waals surface area contributed by atoms with Crippen LogP contribution in [0.15, 0.2) is 0 Å². The molecule has 2 nitrogen and oxygen atoms in total. The van der Waals surface area contributed by atoms with Crippen molar-refractivity contribution in [1.29, 1.82) is 0 Å². The van der Waals surface area contributed by atoms with Gasteiger partial charge >= 0.3 is 0 Å². The predicted octanol–water partition coefficient (Wildman–Crippen LogP) is 1.27. The van der Waals surface area contributed by atoms with E-state index in [-0.39, 0.29) is 0 Å². The van der Waals surface area contributed by atoms with E-state index in [0.29, 0.717) is 17.8 Å². The van der Waals surface area contributed by atoms with Gasteiger partial charge in [0.05, 0.1) is 12.2 Å². The first-order chi connectivity index (χ1) is 6.61. The van der Waals surface area contributed by atoms with Crippen molar-refractivity contribution in [2.75, 3.05) is 0 Å². The van der Waals surface area contributed by atoms with Gasteiger partial charge < -0.3 is 10.2 Å². The van der Waals surface area contributed by atoms with Crippen molar-refractivity contribution in [3.05, 3.63) is 0 Å². The first kappa shape index (κ1) is 9.17. The molecule has 3 fully saturated rings. The number of aliphatic hydroxyl groups excluding tert-OH is 2. The number of rotatable bonds is 0. The Bertz CT molecular complexity index is 249. The van der Waals surface area contributed by atoms with Crippen LogP contribution in [0.2, 0.25) is 0 Å². The third kappa shape index (κ3) is 0.892. The molecule has 0 aromatic rings. The molecular weight excluding hydrogens is 176 g/mol. The van der Waals surface area contributed by atoms with Crippen molar-refractivity contribution in [3.63, 3.8) is 0 Å². The van der Waals surface area contributed by atoms with Gasteiger partial charge in [-0.2, -0.15) is 0 Å².